The van der Waals surface area contributed by atoms with E-state index in [9.17, 15) is 4.79 Å². The standard InChI is InChI=1S/C16H23NO2/c1-13-6-4-7-14(10-13)15(18)11-17-9-5-8-16(2,12-17)19-3/h4,6-7,10H,5,8-9,11-12H2,1-3H3. The Balaban J connectivity index is 1.99. The van der Waals surface area contributed by atoms with Gasteiger partial charge in [0, 0.05) is 19.2 Å². The van der Waals surface area contributed by atoms with Gasteiger partial charge in [-0.3, -0.25) is 9.69 Å². The van der Waals surface area contributed by atoms with Gasteiger partial charge in [0.2, 0.25) is 0 Å². The van der Waals surface area contributed by atoms with Gasteiger partial charge in [-0.1, -0.05) is 23.8 Å². The first-order valence-electron chi connectivity index (χ1n) is 6.90. The fourth-order valence-corrected chi connectivity index (χ4v) is 2.72. The summed E-state index contributed by atoms with van der Waals surface area (Å²) in [6.07, 6.45) is 2.16. The second-order valence-electron chi connectivity index (χ2n) is 5.76. The molecular formula is C16H23NO2. The first kappa shape index (κ1) is 14.2. The molecule has 1 aliphatic heterocycles. The summed E-state index contributed by atoms with van der Waals surface area (Å²) in [6, 6.07) is 7.81. The summed E-state index contributed by atoms with van der Waals surface area (Å²) in [7, 11) is 1.76. The van der Waals surface area contributed by atoms with Crippen LogP contribution in [-0.4, -0.2) is 43.0 Å². The Morgan fingerprint density at radius 2 is 2.26 bits per heavy atom. The molecule has 2 rings (SSSR count). The van der Waals surface area contributed by atoms with E-state index in [-0.39, 0.29) is 11.4 Å². The molecule has 104 valence electrons. The summed E-state index contributed by atoms with van der Waals surface area (Å²) in [6.45, 7) is 6.44. The third-order valence-corrected chi connectivity index (χ3v) is 3.94. The summed E-state index contributed by atoms with van der Waals surface area (Å²) in [5.41, 5.74) is 1.83. The molecule has 0 aliphatic carbocycles. The number of carbonyl (C=O) groups is 1. The van der Waals surface area contributed by atoms with Gasteiger partial charge in [0.1, 0.15) is 0 Å². The maximum Gasteiger partial charge on any atom is 0.176 e. The smallest absolute Gasteiger partial charge is 0.176 e. The molecule has 1 saturated heterocycles. The van der Waals surface area contributed by atoms with Crippen LogP contribution in [0.2, 0.25) is 0 Å². The maximum atomic E-state index is 12.3. The number of benzene rings is 1. The van der Waals surface area contributed by atoms with Crippen molar-refractivity contribution in [1.29, 1.82) is 0 Å². The number of nitrogens with zero attached hydrogens (tertiary/aromatic N) is 1. The minimum atomic E-state index is -0.106. The zero-order valence-electron chi connectivity index (χ0n) is 12.1. The number of aryl methyl sites for hydroxylation is 1. The van der Waals surface area contributed by atoms with Crippen molar-refractivity contribution in [3.63, 3.8) is 0 Å². The Bertz CT molecular complexity index is 458. The quantitative estimate of drug-likeness (QED) is 0.780. The van der Waals surface area contributed by atoms with Crippen molar-refractivity contribution in [3.05, 3.63) is 35.4 Å². The number of likely N-dealkylation sites (tertiary alicyclic amines) is 1. The molecule has 1 fully saturated rings. The molecule has 0 saturated carbocycles. The van der Waals surface area contributed by atoms with Crippen LogP contribution in [0.3, 0.4) is 0 Å². The largest absolute Gasteiger partial charge is 0.377 e. The third-order valence-electron chi connectivity index (χ3n) is 3.94. The highest BCUT2D eigenvalue weighted by Gasteiger charge is 2.31. The van der Waals surface area contributed by atoms with E-state index in [1.165, 1.54) is 0 Å². The van der Waals surface area contributed by atoms with Crippen molar-refractivity contribution in [2.24, 2.45) is 0 Å². The number of hydrogen-bond donors (Lipinski definition) is 0. The molecule has 1 aliphatic rings. The van der Waals surface area contributed by atoms with Crippen molar-refractivity contribution >= 4 is 5.78 Å². The van der Waals surface area contributed by atoms with Crippen molar-refractivity contribution in [2.45, 2.75) is 32.3 Å². The Morgan fingerprint density at radius 1 is 1.47 bits per heavy atom. The third kappa shape index (κ3) is 3.64. The lowest BCUT2D eigenvalue weighted by molar-refractivity contribution is -0.0485. The van der Waals surface area contributed by atoms with Crippen LogP contribution in [0, 0.1) is 6.92 Å². The van der Waals surface area contributed by atoms with Gasteiger partial charge in [0.05, 0.1) is 12.1 Å². The molecule has 1 heterocycles. The zero-order chi connectivity index (χ0) is 13.9. The Kier molecular flexibility index (Phi) is 4.38. The average Bonchev–Trinajstić information content (AvgIpc) is 2.39. The van der Waals surface area contributed by atoms with E-state index < -0.39 is 0 Å². The van der Waals surface area contributed by atoms with Crippen molar-refractivity contribution in [3.8, 4) is 0 Å². The van der Waals surface area contributed by atoms with Gasteiger partial charge >= 0.3 is 0 Å². The van der Waals surface area contributed by atoms with Crippen molar-refractivity contribution in [1.82, 2.24) is 4.90 Å². The lowest BCUT2D eigenvalue weighted by atomic mass is 9.94. The fraction of sp³-hybridized carbons (Fsp3) is 0.562. The SMILES string of the molecule is COC1(C)CCCN(CC(=O)c2cccc(C)c2)C1. The molecule has 0 bridgehead atoms. The van der Waals surface area contributed by atoms with Gasteiger partial charge < -0.3 is 4.74 Å². The zero-order valence-corrected chi connectivity index (χ0v) is 12.1. The first-order valence-corrected chi connectivity index (χ1v) is 6.90. The van der Waals surface area contributed by atoms with Crippen LogP contribution in [0.25, 0.3) is 0 Å². The second-order valence-corrected chi connectivity index (χ2v) is 5.76. The van der Waals surface area contributed by atoms with Crippen LogP contribution in [0.1, 0.15) is 35.7 Å². The number of piperidine rings is 1. The van der Waals surface area contributed by atoms with Crippen LogP contribution in [0.4, 0.5) is 0 Å². The predicted octanol–water partition coefficient (Wildman–Crippen LogP) is 2.68. The number of ketones is 1. The van der Waals surface area contributed by atoms with E-state index in [0.717, 1.165) is 37.1 Å². The Morgan fingerprint density at radius 3 is 2.95 bits per heavy atom. The summed E-state index contributed by atoms with van der Waals surface area (Å²) < 4.78 is 5.56. The maximum absolute atomic E-state index is 12.3. The highest BCUT2D eigenvalue weighted by Crippen LogP contribution is 2.23. The minimum absolute atomic E-state index is 0.106. The fourth-order valence-electron chi connectivity index (χ4n) is 2.72. The summed E-state index contributed by atoms with van der Waals surface area (Å²) in [5, 5.41) is 0. The second kappa shape index (κ2) is 5.85. The van der Waals surface area contributed by atoms with Gasteiger partial charge in [-0.25, -0.2) is 0 Å². The van der Waals surface area contributed by atoms with Crippen molar-refractivity contribution < 1.29 is 9.53 Å². The summed E-state index contributed by atoms with van der Waals surface area (Å²) in [4.78, 5) is 14.5. The average molecular weight is 261 g/mol. The normalized spacial score (nSPS) is 24.4. The molecule has 0 amide bonds. The number of methoxy groups -OCH3 is 1. The van der Waals surface area contributed by atoms with Gasteiger partial charge in [-0.05, 0) is 39.3 Å². The van der Waals surface area contributed by atoms with Crippen LogP contribution in [0.15, 0.2) is 24.3 Å². The minimum Gasteiger partial charge on any atom is -0.377 e. The number of hydrogen-bond acceptors (Lipinski definition) is 3. The highest BCUT2D eigenvalue weighted by molar-refractivity contribution is 5.97. The molecule has 0 aromatic heterocycles. The lowest BCUT2D eigenvalue weighted by Crippen LogP contribution is -2.48. The molecule has 1 aromatic carbocycles. The molecule has 0 spiro atoms. The van der Waals surface area contributed by atoms with Gasteiger partial charge in [-0.15, -0.1) is 0 Å². The molecular weight excluding hydrogens is 238 g/mol. The van der Waals surface area contributed by atoms with E-state index in [1.807, 2.05) is 31.2 Å². The van der Waals surface area contributed by atoms with Crippen molar-refractivity contribution in [2.75, 3.05) is 26.7 Å². The van der Waals surface area contributed by atoms with Crippen LogP contribution >= 0.6 is 0 Å². The first-order chi connectivity index (χ1) is 9.02. The molecule has 0 N–H and O–H groups in total. The van der Waals surface area contributed by atoms with E-state index in [4.69, 9.17) is 4.74 Å². The number of ether oxygens (including phenoxy) is 1. The monoisotopic (exact) mass is 261 g/mol. The van der Waals surface area contributed by atoms with Crippen LogP contribution in [0.5, 0.6) is 0 Å². The highest BCUT2D eigenvalue weighted by atomic mass is 16.5. The van der Waals surface area contributed by atoms with Gasteiger partial charge in [-0.2, -0.15) is 0 Å². The number of carbonyl (C=O) groups excluding carboxylic acids is 1. The molecule has 3 nitrogen and oxygen atoms in total. The van der Waals surface area contributed by atoms with E-state index >= 15 is 0 Å². The summed E-state index contributed by atoms with van der Waals surface area (Å²) >= 11 is 0. The molecule has 1 aromatic rings. The number of rotatable bonds is 4. The molecule has 0 radical (unpaired) electrons. The van der Waals surface area contributed by atoms with Crippen LogP contribution < -0.4 is 0 Å². The summed E-state index contributed by atoms with van der Waals surface area (Å²) in [5.74, 6) is 0.198. The number of Topliss-reactive ketones (excluding diaryl/α,β-unsaturated/α-hetero) is 1. The Labute approximate surface area is 115 Å². The van der Waals surface area contributed by atoms with Gasteiger partial charge in [0.15, 0.2) is 5.78 Å². The van der Waals surface area contributed by atoms with Crippen LogP contribution in [-0.2, 0) is 4.74 Å². The van der Waals surface area contributed by atoms with Gasteiger partial charge in [0.25, 0.3) is 0 Å². The topological polar surface area (TPSA) is 29.5 Å². The van der Waals surface area contributed by atoms with E-state index in [1.54, 1.807) is 7.11 Å². The molecule has 1 unspecified atom stereocenters. The van der Waals surface area contributed by atoms with E-state index in [2.05, 4.69) is 11.8 Å². The lowest BCUT2D eigenvalue weighted by Gasteiger charge is -2.39. The Hall–Kier alpha value is -1.19. The molecule has 3 heteroatoms. The predicted molar refractivity (Wildman–Crippen MR) is 76.6 cm³/mol. The molecule has 1 atom stereocenters. The van der Waals surface area contributed by atoms with E-state index in [0.29, 0.717) is 6.54 Å². The molecule has 19 heavy (non-hydrogen) atoms.